The molecule has 0 bridgehead atoms. The van der Waals surface area contributed by atoms with Crippen LogP contribution in [0.25, 0.3) is 0 Å². The summed E-state index contributed by atoms with van der Waals surface area (Å²) in [5.74, 6) is 0.841. The van der Waals surface area contributed by atoms with Crippen LogP contribution in [0, 0.1) is 5.92 Å². The molecule has 1 saturated carbocycles. The number of hydrogen-bond acceptors (Lipinski definition) is 2. The van der Waals surface area contributed by atoms with Gasteiger partial charge in [0, 0.05) is 19.5 Å². The third kappa shape index (κ3) is 4.20. The predicted molar refractivity (Wildman–Crippen MR) is 60.5 cm³/mol. The summed E-state index contributed by atoms with van der Waals surface area (Å²) in [4.78, 5) is 13.7. The van der Waals surface area contributed by atoms with E-state index in [-0.39, 0.29) is 12.5 Å². The zero-order chi connectivity index (χ0) is 11.1. The monoisotopic (exact) mass is 213 g/mol. The second-order valence-electron chi connectivity index (χ2n) is 4.46. The smallest absolute Gasteiger partial charge is 0.222 e. The van der Waals surface area contributed by atoms with Crippen LogP contribution < -0.4 is 0 Å². The molecular weight excluding hydrogens is 190 g/mol. The summed E-state index contributed by atoms with van der Waals surface area (Å²) in [5, 5.41) is 8.88. The topological polar surface area (TPSA) is 40.5 Å². The van der Waals surface area contributed by atoms with E-state index in [0.717, 1.165) is 13.0 Å². The molecule has 1 aliphatic rings. The zero-order valence-electron chi connectivity index (χ0n) is 9.74. The summed E-state index contributed by atoms with van der Waals surface area (Å²) < 4.78 is 0. The highest BCUT2D eigenvalue weighted by Crippen LogP contribution is 2.27. The van der Waals surface area contributed by atoms with Gasteiger partial charge in [-0.25, -0.2) is 0 Å². The Kier molecular flexibility index (Phi) is 5.69. The molecule has 0 atom stereocenters. The first-order valence-electron chi connectivity index (χ1n) is 6.16. The molecule has 0 radical (unpaired) electrons. The number of amides is 1. The number of rotatable bonds is 6. The van der Waals surface area contributed by atoms with E-state index < -0.39 is 0 Å². The second kappa shape index (κ2) is 6.83. The molecule has 1 aliphatic carbocycles. The summed E-state index contributed by atoms with van der Waals surface area (Å²) in [6.45, 7) is 3.43. The van der Waals surface area contributed by atoms with Crippen LogP contribution >= 0.6 is 0 Å². The summed E-state index contributed by atoms with van der Waals surface area (Å²) in [5.41, 5.74) is 0. The average molecular weight is 213 g/mol. The number of carbonyl (C=O) groups excluding carboxylic acids is 1. The van der Waals surface area contributed by atoms with Crippen molar-refractivity contribution in [3.05, 3.63) is 0 Å². The Bertz CT molecular complexity index is 182. The number of hydrogen-bond donors (Lipinski definition) is 1. The van der Waals surface area contributed by atoms with Crippen molar-refractivity contribution in [3.8, 4) is 0 Å². The summed E-state index contributed by atoms with van der Waals surface area (Å²) >= 11 is 0. The molecule has 1 N–H and O–H groups in total. The molecule has 0 spiro atoms. The van der Waals surface area contributed by atoms with Crippen molar-refractivity contribution in [3.63, 3.8) is 0 Å². The summed E-state index contributed by atoms with van der Waals surface area (Å²) in [6.07, 6.45) is 6.66. The van der Waals surface area contributed by atoms with Crippen LogP contribution in [-0.2, 0) is 4.79 Å². The van der Waals surface area contributed by atoms with Gasteiger partial charge in [-0.1, -0.05) is 19.8 Å². The van der Waals surface area contributed by atoms with Crippen molar-refractivity contribution in [2.75, 3.05) is 19.7 Å². The van der Waals surface area contributed by atoms with Crippen molar-refractivity contribution in [1.29, 1.82) is 0 Å². The number of aliphatic hydroxyl groups is 1. The minimum Gasteiger partial charge on any atom is -0.395 e. The molecule has 1 amide bonds. The highest BCUT2D eigenvalue weighted by atomic mass is 16.3. The molecule has 3 nitrogen and oxygen atoms in total. The van der Waals surface area contributed by atoms with Gasteiger partial charge in [0.1, 0.15) is 0 Å². The molecule has 1 fully saturated rings. The number of carbonyl (C=O) groups is 1. The van der Waals surface area contributed by atoms with Crippen LogP contribution in [0.2, 0.25) is 0 Å². The lowest BCUT2D eigenvalue weighted by molar-refractivity contribution is -0.132. The van der Waals surface area contributed by atoms with Crippen LogP contribution in [0.15, 0.2) is 0 Å². The van der Waals surface area contributed by atoms with Gasteiger partial charge in [-0.2, -0.15) is 0 Å². The molecule has 0 saturated heterocycles. The number of aliphatic hydroxyl groups excluding tert-OH is 1. The molecule has 1 rings (SSSR count). The van der Waals surface area contributed by atoms with E-state index in [1.165, 1.54) is 25.7 Å². The maximum absolute atomic E-state index is 11.9. The van der Waals surface area contributed by atoms with Crippen molar-refractivity contribution < 1.29 is 9.90 Å². The van der Waals surface area contributed by atoms with Crippen LogP contribution in [0.3, 0.4) is 0 Å². The van der Waals surface area contributed by atoms with Crippen molar-refractivity contribution in [2.45, 2.75) is 45.4 Å². The fourth-order valence-electron chi connectivity index (χ4n) is 2.34. The maximum atomic E-state index is 11.9. The second-order valence-corrected chi connectivity index (χ2v) is 4.46. The van der Waals surface area contributed by atoms with Crippen LogP contribution in [0.4, 0.5) is 0 Å². The molecule has 0 aromatic rings. The normalized spacial score (nSPS) is 16.9. The van der Waals surface area contributed by atoms with Crippen LogP contribution in [0.1, 0.15) is 45.4 Å². The van der Waals surface area contributed by atoms with Gasteiger partial charge in [-0.05, 0) is 25.2 Å². The van der Waals surface area contributed by atoms with Gasteiger partial charge in [0.2, 0.25) is 5.91 Å². The molecule has 0 aliphatic heterocycles. The molecular formula is C12H23NO2. The van der Waals surface area contributed by atoms with Gasteiger partial charge < -0.3 is 10.0 Å². The zero-order valence-corrected chi connectivity index (χ0v) is 9.74. The molecule has 0 unspecified atom stereocenters. The summed E-state index contributed by atoms with van der Waals surface area (Å²) in [6, 6.07) is 0. The lowest BCUT2D eigenvalue weighted by Crippen LogP contribution is -2.35. The molecule has 0 aromatic carbocycles. The Morgan fingerprint density at radius 3 is 2.53 bits per heavy atom. The Morgan fingerprint density at radius 1 is 1.33 bits per heavy atom. The Balaban J connectivity index is 2.33. The molecule has 88 valence electrons. The van der Waals surface area contributed by atoms with E-state index in [9.17, 15) is 4.79 Å². The standard InChI is InChI=1S/C12H23NO2/c1-2-7-13(8-9-14)12(15)10-11-5-3-4-6-11/h11,14H,2-10H2,1H3. The van der Waals surface area contributed by atoms with Crippen LogP contribution in [0.5, 0.6) is 0 Å². The molecule has 0 aromatic heterocycles. The van der Waals surface area contributed by atoms with Gasteiger partial charge in [-0.3, -0.25) is 4.79 Å². The van der Waals surface area contributed by atoms with E-state index in [4.69, 9.17) is 5.11 Å². The van der Waals surface area contributed by atoms with Gasteiger partial charge in [-0.15, -0.1) is 0 Å². The van der Waals surface area contributed by atoms with E-state index >= 15 is 0 Å². The van der Waals surface area contributed by atoms with Gasteiger partial charge in [0.05, 0.1) is 6.61 Å². The van der Waals surface area contributed by atoms with Crippen molar-refractivity contribution in [2.24, 2.45) is 5.92 Å². The first kappa shape index (κ1) is 12.5. The predicted octanol–water partition coefficient (Wildman–Crippen LogP) is 1.80. The number of nitrogens with zero attached hydrogens (tertiary/aromatic N) is 1. The van der Waals surface area contributed by atoms with E-state index in [2.05, 4.69) is 6.92 Å². The molecule has 0 heterocycles. The molecule has 15 heavy (non-hydrogen) atoms. The highest BCUT2D eigenvalue weighted by Gasteiger charge is 2.21. The van der Waals surface area contributed by atoms with Crippen molar-refractivity contribution in [1.82, 2.24) is 4.90 Å². The largest absolute Gasteiger partial charge is 0.395 e. The van der Waals surface area contributed by atoms with E-state index in [1.54, 1.807) is 4.90 Å². The lowest BCUT2D eigenvalue weighted by Gasteiger charge is -2.22. The Labute approximate surface area is 92.5 Å². The molecule has 3 heteroatoms. The first-order valence-corrected chi connectivity index (χ1v) is 6.16. The van der Waals surface area contributed by atoms with E-state index in [0.29, 0.717) is 18.9 Å². The highest BCUT2D eigenvalue weighted by molar-refractivity contribution is 5.76. The minimum absolute atomic E-state index is 0.0798. The van der Waals surface area contributed by atoms with Gasteiger partial charge in [0.15, 0.2) is 0 Å². The van der Waals surface area contributed by atoms with Crippen molar-refractivity contribution >= 4 is 5.91 Å². The minimum atomic E-state index is 0.0798. The Morgan fingerprint density at radius 2 is 2.00 bits per heavy atom. The fraction of sp³-hybridized carbons (Fsp3) is 0.917. The fourth-order valence-corrected chi connectivity index (χ4v) is 2.34. The Hall–Kier alpha value is -0.570. The average Bonchev–Trinajstić information content (AvgIpc) is 2.70. The maximum Gasteiger partial charge on any atom is 0.222 e. The summed E-state index contributed by atoms with van der Waals surface area (Å²) in [7, 11) is 0. The lowest BCUT2D eigenvalue weighted by atomic mass is 10.0. The van der Waals surface area contributed by atoms with Gasteiger partial charge in [0.25, 0.3) is 0 Å². The third-order valence-corrected chi connectivity index (χ3v) is 3.15. The SMILES string of the molecule is CCCN(CCO)C(=O)CC1CCCC1. The quantitative estimate of drug-likeness (QED) is 0.731. The van der Waals surface area contributed by atoms with Crippen LogP contribution in [-0.4, -0.2) is 35.6 Å². The third-order valence-electron chi connectivity index (χ3n) is 3.15. The van der Waals surface area contributed by atoms with E-state index in [1.807, 2.05) is 0 Å². The van der Waals surface area contributed by atoms with Gasteiger partial charge >= 0.3 is 0 Å². The first-order chi connectivity index (χ1) is 7.27.